The second-order valence-electron chi connectivity index (χ2n) is 5.14. The summed E-state index contributed by atoms with van der Waals surface area (Å²) in [6.45, 7) is -0.419. The van der Waals surface area contributed by atoms with E-state index in [9.17, 15) is 9.59 Å². The first-order valence-corrected chi connectivity index (χ1v) is 9.42. The van der Waals surface area contributed by atoms with E-state index in [2.05, 4.69) is 5.32 Å². The van der Waals surface area contributed by atoms with Crippen LogP contribution in [0, 0.1) is 0 Å². The standard InChI is InChI=1S/C18H17Cl2NO5S/c1-24-12-4-6-14(15(8-12)25-2)21-17(22)9-26-18(23)10-27-16-7-11(19)3-5-13(16)20/h3-8H,9-10H2,1-2H3,(H,21,22). The first kappa shape index (κ1) is 21.2. The second-order valence-corrected chi connectivity index (χ2v) is 7.00. The summed E-state index contributed by atoms with van der Waals surface area (Å²) in [5.41, 5.74) is 0.444. The summed E-state index contributed by atoms with van der Waals surface area (Å²) in [6, 6.07) is 9.90. The fourth-order valence-corrected chi connectivity index (χ4v) is 3.29. The zero-order valence-electron chi connectivity index (χ0n) is 14.6. The molecule has 1 N–H and O–H groups in total. The Hall–Kier alpha value is -2.09. The highest BCUT2D eigenvalue weighted by atomic mass is 35.5. The second kappa shape index (κ2) is 10.3. The van der Waals surface area contributed by atoms with Crippen LogP contribution in [0.15, 0.2) is 41.3 Å². The Labute approximate surface area is 171 Å². The van der Waals surface area contributed by atoms with Crippen LogP contribution in [-0.2, 0) is 14.3 Å². The number of thioether (sulfide) groups is 1. The van der Waals surface area contributed by atoms with E-state index < -0.39 is 18.5 Å². The maximum Gasteiger partial charge on any atom is 0.316 e. The lowest BCUT2D eigenvalue weighted by Crippen LogP contribution is -2.21. The quantitative estimate of drug-likeness (QED) is 0.498. The number of rotatable bonds is 8. The van der Waals surface area contributed by atoms with E-state index in [1.807, 2.05) is 0 Å². The third-order valence-corrected chi connectivity index (χ3v) is 4.99. The van der Waals surface area contributed by atoms with E-state index in [0.717, 1.165) is 0 Å². The van der Waals surface area contributed by atoms with Crippen LogP contribution in [-0.4, -0.2) is 38.5 Å². The SMILES string of the molecule is COc1ccc(NC(=O)COC(=O)CSc2cc(Cl)ccc2Cl)c(OC)c1. The number of hydrogen-bond donors (Lipinski definition) is 1. The number of hydrogen-bond acceptors (Lipinski definition) is 6. The van der Waals surface area contributed by atoms with Gasteiger partial charge in [-0.2, -0.15) is 0 Å². The van der Waals surface area contributed by atoms with Crippen LogP contribution in [0.3, 0.4) is 0 Å². The molecule has 0 saturated carbocycles. The summed E-state index contributed by atoms with van der Waals surface area (Å²) in [4.78, 5) is 24.5. The zero-order valence-corrected chi connectivity index (χ0v) is 16.9. The molecule has 0 radical (unpaired) electrons. The number of carbonyl (C=O) groups excluding carboxylic acids is 2. The van der Waals surface area contributed by atoms with Gasteiger partial charge in [0.2, 0.25) is 0 Å². The maximum absolute atomic E-state index is 12.0. The molecule has 0 aromatic heterocycles. The van der Waals surface area contributed by atoms with Gasteiger partial charge in [0, 0.05) is 16.0 Å². The molecule has 9 heteroatoms. The average Bonchev–Trinajstić information content (AvgIpc) is 2.67. The fourth-order valence-electron chi connectivity index (χ4n) is 2.00. The van der Waals surface area contributed by atoms with Crippen LogP contribution in [0.2, 0.25) is 10.0 Å². The normalized spacial score (nSPS) is 10.2. The van der Waals surface area contributed by atoms with E-state index in [0.29, 0.717) is 32.1 Å². The maximum atomic E-state index is 12.0. The lowest BCUT2D eigenvalue weighted by Gasteiger charge is -2.12. The van der Waals surface area contributed by atoms with E-state index in [1.54, 1.807) is 36.4 Å². The van der Waals surface area contributed by atoms with Crippen LogP contribution < -0.4 is 14.8 Å². The van der Waals surface area contributed by atoms with Crippen LogP contribution in [0.5, 0.6) is 11.5 Å². The van der Waals surface area contributed by atoms with Crippen molar-refractivity contribution < 1.29 is 23.8 Å². The van der Waals surface area contributed by atoms with Gasteiger partial charge in [0.1, 0.15) is 11.5 Å². The van der Waals surface area contributed by atoms with Crippen LogP contribution in [0.4, 0.5) is 5.69 Å². The predicted molar refractivity (Wildman–Crippen MR) is 106 cm³/mol. The van der Waals surface area contributed by atoms with Gasteiger partial charge in [0.05, 0.1) is 30.7 Å². The zero-order chi connectivity index (χ0) is 19.8. The summed E-state index contributed by atoms with van der Waals surface area (Å²) >= 11 is 13.1. The highest BCUT2D eigenvalue weighted by molar-refractivity contribution is 8.00. The van der Waals surface area contributed by atoms with E-state index >= 15 is 0 Å². The number of ether oxygens (including phenoxy) is 3. The van der Waals surface area contributed by atoms with Gasteiger partial charge in [-0.3, -0.25) is 9.59 Å². The molecule has 144 valence electrons. The van der Waals surface area contributed by atoms with Gasteiger partial charge in [-0.15, -0.1) is 11.8 Å². The molecule has 0 saturated heterocycles. The van der Waals surface area contributed by atoms with Gasteiger partial charge in [-0.1, -0.05) is 23.2 Å². The Morgan fingerprint density at radius 2 is 1.85 bits per heavy atom. The lowest BCUT2D eigenvalue weighted by molar-refractivity contribution is -0.144. The van der Waals surface area contributed by atoms with Gasteiger partial charge >= 0.3 is 5.97 Å². The van der Waals surface area contributed by atoms with Gasteiger partial charge in [0.15, 0.2) is 6.61 Å². The molecule has 0 aliphatic heterocycles. The minimum Gasteiger partial charge on any atom is -0.497 e. The van der Waals surface area contributed by atoms with Crippen molar-refractivity contribution in [1.29, 1.82) is 0 Å². The molecular formula is C18H17Cl2NO5S. The first-order valence-electron chi connectivity index (χ1n) is 7.68. The summed E-state index contributed by atoms with van der Waals surface area (Å²) in [6.07, 6.45) is 0. The molecule has 2 aromatic rings. The summed E-state index contributed by atoms with van der Waals surface area (Å²) in [5, 5.41) is 3.62. The van der Waals surface area contributed by atoms with Crippen molar-refractivity contribution >= 4 is 52.5 Å². The summed E-state index contributed by atoms with van der Waals surface area (Å²) in [5.74, 6) is -0.0159. The van der Waals surface area contributed by atoms with E-state index in [-0.39, 0.29) is 5.75 Å². The topological polar surface area (TPSA) is 73.9 Å². The molecule has 0 atom stereocenters. The number of methoxy groups -OCH3 is 2. The molecule has 0 fully saturated rings. The highest BCUT2D eigenvalue weighted by Gasteiger charge is 2.12. The van der Waals surface area contributed by atoms with Crippen LogP contribution in [0.25, 0.3) is 0 Å². The van der Waals surface area contributed by atoms with E-state index in [4.69, 9.17) is 37.4 Å². The van der Waals surface area contributed by atoms with Crippen molar-refractivity contribution in [1.82, 2.24) is 0 Å². The number of halogens is 2. The van der Waals surface area contributed by atoms with Crippen molar-refractivity contribution in [2.75, 3.05) is 31.9 Å². The Bertz CT molecular complexity index is 831. The van der Waals surface area contributed by atoms with E-state index in [1.165, 1.54) is 26.0 Å². The molecule has 0 aliphatic rings. The third-order valence-electron chi connectivity index (χ3n) is 3.29. The minimum atomic E-state index is -0.548. The van der Waals surface area contributed by atoms with Gasteiger partial charge in [-0.25, -0.2) is 0 Å². The van der Waals surface area contributed by atoms with Gasteiger partial charge < -0.3 is 19.5 Å². The van der Waals surface area contributed by atoms with Crippen molar-refractivity contribution in [3.05, 3.63) is 46.4 Å². The largest absolute Gasteiger partial charge is 0.497 e. The molecule has 1 amide bonds. The molecular weight excluding hydrogens is 413 g/mol. The first-order chi connectivity index (χ1) is 12.9. The van der Waals surface area contributed by atoms with Crippen molar-refractivity contribution in [2.45, 2.75) is 4.90 Å². The number of benzene rings is 2. The predicted octanol–water partition coefficient (Wildman–Crippen LogP) is 4.28. The minimum absolute atomic E-state index is 0.000794. The number of anilines is 1. The monoisotopic (exact) mass is 429 g/mol. The average molecular weight is 430 g/mol. The molecule has 0 bridgehead atoms. The smallest absolute Gasteiger partial charge is 0.316 e. The Morgan fingerprint density at radius 1 is 1.07 bits per heavy atom. The fraction of sp³-hybridized carbons (Fsp3) is 0.222. The van der Waals surface area contributed by atoms with Crippen LogP contribution in [0.1, 0.15) is 0 Å². The lowest BCUT2D eigenvalue weighted by atomic mass is 10.2. The summed E-state index contributed by atoms with van der Waals surface area (Å²) in [7, 11) is 3.00. The van der Waals surface area contributed by atoms with Crippen molar-refractivity contribution in [3.8, 4) is 11.5 Å². The Morgan fingerprint density at radius 3 is 2.56 bits per heavy atom. The molecule has 0 heterocycles. The molecule has 0 spiro atoms. The summed E-state index contributed by atoms with van der Waals surface area (Å²) < 4.78 is 15.3. The highest BCUT2D eigenvalue weighted by Crippen LogP contribution is 2.30. The number of esters is 1. The van der Waals surface area contributed by atoms with Crippen molar-refractivity contribution in [2.24, 2.45) is 0 Å². The Kier molecular flexibility index (Phi) is 8.09. The molecule has 6 nitrogen and oxygen atoms in total. The van der Waals surface area contributed by atoms with Gasteiger partial charge in [-0.05, 0) is 30.3 Å². The number of carbonyl (C=O) groups is 2. The molecule has 2 aromatic carbocycles. The Balaban J connectivity index is 1.83. The third kappa shape index (κ3) is 6.53. The van der Waals surface area contributed by atoms with Crippen molar-refractivity contribution in [3.63, 3.8) is 0 Å². The molecule has 2 rings (SSSR count). The number of nitrogens with one attached hydrogen (secondary N) is 1. The molecule has 0 unspecified atom stereocenters. The number of amides is 1. The van der Waals surface area contributed by atoms with Gasteiger partial charge in [0.25, 0.3) is 5.91 Å². The van der Waals surface area contributed by atoms with Crippen LogP contribution >= 0.6 is 35.0 Å². The molecule has 27 heavy (non-hydrogen) atoms. The molecule has 0 aliphatic carbocycles.